The number of carbonyl (C=O) groups is 1. The third kappa shape index (κ3) is 5.17. The van der Waals surface area contributed by atoms with Crippen LogP contribution in [0.5, 0.6) is 5.75 Å². The molecule has 0 aromatic heterocycles. The molecule has 2 saturated heterocycles. The highest BCUT2D eigenvalue weighted by Crippen LogP contribution is 2.20. The first-order valence-electron chi connectivity index (χ1n) is 9.13. The van der Waals surface area contributed by atoms with E-state index >= 15 is 0 Å². The normalized spacial score (nSPS) is 22.7. The zero-order valence-corrected chi connectivity index (χ0v) is 15.1. The van der Waals surface area contributed by atoms with Gasteiger partial charge in [-0.15, -0.1) is 0 Å². The van der Waals surface area contributed by atoms with E-state index in [0.717, 1.165) is 51.4 Å². The lowest BCUT2D eigenvalue weighted by molar-refractivity contribution is -0.128. The Bertz CT molecular complexity index is 573. The number of benzene rings is 1. The highest BCUT2D eigenvalue weighted by Gasteiger charge is 2.31. The van der Waals surface area contributed by atoms with Crippen molar-refractivity contribution in [1.29, 1.82) is 0 Å². The second-order valence-electron chi connectivity index (χ2n) is 7.15. The molecule has 1 N–H and O–H groups in total. The Hall–Kier alpha value is -1.63. The van der Waals surface area contributed by atoms with Crippen molar-refractivity contribution in [2.24, 2.45) is 5.92 Å². The molecule has 0 aliphatic carbocycles. The predicted octanol–water partition coefficient (Wildman–Crippen LogP) is 1.00. The zero-order valence-electron chi connectivity index (χ0n) is 15.1. The van der Waals surface area contributed by atoms with E-state index in [9.17, 15) is 9.90 Å². The van der Waals surface area contributed by atoms with Crippen molar-refractivity contribution < 1.29 is 14.6 Å². The number of ether oxygens (including phenoxy) is 1. The molecular weight excluding hydrogens is 318 g/mol. The van der Waals surface area contributed by atoms with Crippen LogP contribution in [0, 0.1) is 5.92 Å². The van der Waals surface area contributed by atoms with Gasteiger partial charge in [0.25, 0.3) is 0 Å². The number of aromatic hydroxyl groups is 1. The summed E-state index contributed by atoms with van der Waals surface area (Å²) in [7, 11) is 1.67. The molecule has 1 atom stereocenters. The highest BCUT2D eigenvalue weighted by molar-refractivity contribution is 5.78. The summed E-state index contributed by atoms with van der Waals surface area (Å²) in [6.45, 7) is 8.24. The number of methoxy groups -OCH3 is 1. The van der Waals surface area contributed by atoms with Crippen LogP contribution in [-0.4, -0.2) is 85.2 Å². The highest BCUT2D eigenvalue weighted by atomic mass is 16.5. The average molecular weight is 347 g/mol. The lowest BCUT2D eigenvalue weighted by Crippen LogP contribution is -2.47. The van der Waals surface area contributed by atoms with Crippen molar-refractivity contribution >= 4 is 5.91 Å². The molecule has 0 radical (unpaired) electrons. The first kappa shape index (κ1) is 18.2. The van der Waals surface area contributed by atoms with Gasteiger partial charge in [-0.3, -0.25) is 9.69 Å². The van der Waals surface area contributed by atoms with E-state index in [1.165, 1.54) is 0 Å². The van der Waals surface area contributed by atoms with Crippen molar-refractivity contribution in [2.45, 2.75) is 13.0 Å². The van der Waals surface area contributed by atoms with E-state index in [4.69, 9.17) is 4.74 Å². The summed E-state index contributed by atoms with van der Waals surface area (Å²) in [6.07, 6.45) is 0.674. The van der Waals surface area contributed by atoms with Crippen LogP contribution in [-0.2, 0) is 16.1 Å². The van der Waals surface area contributed by atoms with E-state index < -0.39 is 0 Å². The maximum Gasteiger partial charge on any atom is 0.223 e. The summed E-state index contributed by atoms with van der Waals surface area (Å²) in [4.78, 5) is 18.9. The summed E-state index contributed by atoms with van der Waals surface area (Å²) in [5, 5.41) is 9.57. The van der Waals surface area contributed by atoms with E-state index in [2.05, 4.69) is 15.9 Å². The Morgan fingerprint density at radius 1 is 1.20 bits per heavy atom. The number of carbonyl (C=O) groups excluding carboxylic acids is 1. The average Bonchev–Trinajstić information content (AvgIpc) is 2.94. The van der Waals surface area contributed by atoms with Crippen molar-refractivity contribution in [2.75, 3.05) is 59.5 Å². The van der Waals surface area contributed by atoms with Crippen LogP contribution in [0.3, 0.4) is 0 Å². The number of hydrogen-bond donors (Lipinski definition) is 1. The fraction of sp³-hybridized carbons (Fsp3) is 0.632. The van der Waals surface area contributed by atoms with Crippen LogP contribution in [0.25, 0.3) is 0 Å². The third-order valence-electron chi connectivity index (χ3n) is 5.16. The minimum atomic E-state index is 0.268. The summed E-state index contributed by atoms with van der Waals surface area (Å²) < 4.78 is 5.08. The van der Waals surface area contributed by atoms with E-state index in [1.54, 1.807) is 13.2 Å². The molecule has 2 aliphatic heterocycles. The van der Waals surface area contributed by atoms with Crippen molar-refractivity contribution in [3.8, 4) is 5.75 Å². The number of phenols is 1. The minimum Gasteiger partial charge on any atom is -0.508 e. The van der Waals surface area contributed by atoms with Gasteiger partial charge in [-0.05, 0) is 23.6 Å². The molecule has 138 valence electrons. The minimum absolute atomic E-state index is 0.268. The monoisotopic (exact) mass is 347 g/mol. The van der Waals surface area contributed by atoms with Crippen LogP contribution in [0.2, 0.25) is 0 Å². The van der Waals surface area contributed by atoms with Crippen molar-refractivity contribution in [3.63, 3.8) is 0 Å². The molecule has 2 fully saturated rings. The largest absolute Gasteiger partial charge is 0.508 e. The second kappa shape index (κ2) is 8.65. The Morgan fingerprint density at radius 3 is 2.68 bits per heavy atom. The molecule has 0 spiro atoms. The van der Waals surface area contributed by atoms with Gasteiger partial charge < -0.3 is 19.6 Å². The fourth-order valence-corrected chi connectivity index (χ4v) is 3.80. The van der Waals surface area contributed by atoms with Crippen LogP contribution in [0.15, 0.2) is 24.3 Å². The van der Waals surface area contributed by atoms with Gasteiger partial charge in [0.05, 0.1) is 6.61 Å². The maximum absolute atomic E-state index is 12.0. The number of amides is 1. The number of piperazine rings is 1. The first-order valence-corrected chi connectivity index (χ1v) is 9.13. The maximum atomic E-state index is 12.0. The molecule has 6 heteroatoms. The quantitative estimate of drug-likeness (QED) is 0.798. The van der Waals surface area contributed by atoms with Crippen molar-refractivity contribution in [1.82, 2.24) is 14.7 Å². The predicted molar refractivity (Wildman–Crippen MR) is 96.4 cm³/mol. The fourth-order valence-electron chi connectivity index (χ4n) is 3.80. The number of hydrogen-bond acceptors (Lipinski definition) is 5. The topological polar surface area (TPSA) is 56.3 Å². The second-order valence-corrected chi connectivity index (χ2v) is 7.15. The molecule has 1 aromatic carbocycles. The molecule has 0 saturated carbocycles. The molecule has 0 bridgehead atoms. The number of rotatable bonds is 7. The molecule has 1 amide bonds. The standard InChI is InChI=1S/C19H29N3O3/c1-25-10-9-22-15-17(12-19(22)24)14-21-7-5-20(6-8-21)13-16-3-2-4-18(23)11-16/h2-4,11,17,23H,5-10,12-15H2,1H3. The van der Waals surface area contributed by atoms with Crippen LogP contribution >= 0.6 is 0 Å². The van der Waals surface area contributed by atoms with Gasteiger partial charge in [-0.25, -0.2) is 0 Å². The molecular formula is C19H29N3O3. The van der Waals surface area contributed by atoms with E-state index in [1.807, 2.05) is 17.0 Å². The lowest BCUT2D eigenvalue weighted by atomic mass is 10.1. The zero-order chi connectivity index (χ0) is 17.6. The first-order chi connectivity index (χ1) is 12.1. The Morgan fingerprint density at radius 2 is 1.96 bits per heavy atom. The van der Waals surface area contributed by atoms with Gasteiger partial charge in [-0.1, -0.05) is 12.1 Å². The summed E-state index contributed by atoms with van der Waals surface area (Å²) >= 11 is 0. The molecule has 2 heterocycles. The van der Waals surface area contributed by atoms with Crippen molar-refractivity contribution in [3.05, 3.63) is 29.8 Å². The van der Waals surface area contributed by atoms with Gasteiger partial charge in [0.15, 0.2) is 0 Å². The van der Waals surface area contributed by atoms with Gasteiger partial charge >= 0.3 is 0 Å². The Balaban J connectivity index is 1.40. The van der Waals surface area contributed by atoms with E-state index in [0.29, 0.717) is 31.2 Å². The molecule has 25 heavy (non-hydrogen) atoms. The third-order valence-corrected chi connectivity index (χ3v) is 5.16. The van der Waals surface area contributed by atoms with Crippen LogP contribution < -0.4 is 0 Å². The molecule has 2 aliphatic rings. The summed E-state index contributed by atoms with van der Waals surface area (Å²) in [5.41, 5.74) is 1.16. The van der Waals surface area contributed by atoms with Crippen LogP contribution in [0.1, 0.15) is 12.0 Å². The number of nitrogens with zero attached hydrogens (tertiary/aromatic N) is 3. The molecule has 1 aromatic rings. The van der Waals surface area contributed by atoms with Gasteiger partial charge in [0.1, 0.15) is 5.75 Å². The summed E-state index contributed by atoms with van der Waals surface area (Å²) in [6, 6.07) is 7.50. The molecule has 6 nitrogen and oxygen atoms in total. The Labute approximate surface area is 150 Å². The van der Waals surface area contributed by atoms with E-state index in [-0.39, 0.29) is 5.91 Å². The summed E-state index contributed by atoms with van der Waals surface area (Å²) in [5.74, 6) is 1.05. The number of likely N-dealkylation sites (tertiary alicyclic amines) is 1. The van der Waals surface area contributed by atoms with Crippen LogP contribution in [0.4, 0.5) is 0 Å². The SMILES string of the molecule is COCCN1CC(CN2CCN(Cc3cccc(O)c3)CC2)CC1=O. The smallest absolute Gasteiger partial charge is 0.223 e. The van der Waals surface area contributed by atoms with Gasteiger partial charge in [0, 0.05) is 65.9 Å². The molecule has 3 rings (SSSR count). The number of phenolic OH excluding ortho intramolecular Hbond substituents is 1. The van der Waals surface area contributed by atoms with Gasteiger partial charge in [-0.2, -0.15) is 0 Å². The van der Waals surface area contributed by atoms with Gasteiger partial charge in [0.2, 0.25) is 5.91 Å². The Kier molecular flexibility index (Phi) is 6.29. The lowest BCUT2D eigenvalue weighted by Gasteiger charge is -2.35. The molecule has 1 unspecified atom stereocenters.